The second-order valence-corrected chi connectivity index (χ2v) is 8.92. The van der Waals surface area contributed by atoms with Crippen LogP contribution in [0.5, 0.6) is 11.5 Å². The van der Waals surface area contributed by atoms with Crippen LogP contribution in [0.15, 0.2) is 48.5 Å². The van der Waals surface area contributed by atoms with Crippen LogP contribution in [-0.4, -0.2) is 24.4 Å². The fraction of sp³-hybridized carbons (Fsp3) is 0.385. The molecule has 0 radical (unpaired) electrons. The Balaban J connectivity index is 1.13. The van der Waals surface area contributed by atoms with Gasteiger partial charge in [0.2, 0.25) is 6.79 Å². The molecule has 4 nitrogen and oxygen atoms in total. The lowest BCUT2D eigenvalue weighted by molar-refractivity contribution is 0.174. The van der Waals surface area contributed by atoms with E-state index in [9.17, 15) is 0 Å². The Morgan fingerprint density at radius 3 is 2.73 bits per heavy atom. The summed E-state index contributed by atoms with van der Waals surface area (Å²) in [5, 5.41) is 5.04. The molecule has 2 aliphatic heterocycles. The first-order valence-electron chi connectivity index (χ1n) is 11.2. The number of ether oxygens (including phenoxy) is 2. The molecule has 0 spiro atoms. The Kier molecular flexibility index (Phi) is 4.53. The molecule has 0 amide bonds. The molecule has 3 aromatic rings. The van der Waals surface area contributed by atoms with Crippen LogP contribution in [0, 0.1) is 5.92 Å². The fourth-order valence-electron chi connectivity index (χ4n) is 5.43. The van der Waals surface area contributed by atoms with Crippen molar-refractivity contribution in [3.05, 3.63) is 65.4 Å². The third-order valence-corrected chi connectivity index (χ3v) is 7.07. The molecule has 0 saturated carbocycles. The zero-order valence-electron chi connectivity index (χ0n) is 17.2. The molecule has 1 aliphatic carbocycles. The molecule has 3 heterocycles. The number of nitrogens with one attached hydrogen (secondary N) is 2. The summed E-state index contributed by atoms with van der Waals surface area (Å²) >= 11 is 0. The number of hydrogen-bond acceptors (Lipinski definition) is 3. The molecule has 2 N–H and O–H groups in total. The highest BCUT2D eigenvalue weighted by atomic mass is 16.7. The zero-order valence-corrected chi connectivity index (χ0v) is 17.2. The van der Waals surface area contributed by atoms with Crippen molar-refractivity contribution in [3.8, 4) is 11.5 Å². The minimum atomic E-state index is 0.334. The Labute approximate surface area is 177 Å². The van der Waals surface area contributed by atoms with Gasteiger partial charge in [0.15, 0.2) is 11.5 Å². The molecule has 30 heavy (non-hydrogen) atoms. The van der Waals surface area contributed by atoms with Gasteiger partial charge in [-0.15, -0.1) is 0 Å². The van der Waals surface area contributed by atoms with Crippen molar-refractivity contribution in [3.63, 3.8) is 0 Å². The lowest BCUT2D eigenvalue weighted by Gasteiger charge is -2.28. The number of hydrogen-bond donors (Lipinski definition) is 2. The number of aryl methyl sites for hydroxylation is 1. The fourth-order valence-corrected chi connectivity index (χ4v) is 5.43. The molecular formula is C26H28N2O2. The average Bonchev–Trinajstić information content (AvgIpc) is 3.40. The highest BCUT2D eigenvalue weighted by molar-refractivity contribution is 5.88. The van der Waals surface area contributed by atoms with Gasteiger partial charge in [-0.1, -0.05) is 36.4 Å². The molecule has 2 aromatic carbocycles. The zero-order chi connectivity index (χ0) is 19.9. The van der Waals surface area contributed by atoms with Crippen LogP contribution in [0.25, 0.3) is 16.5 Å². The summed E-state index contributed by atoms with van der Waals surface area (Å²) < 4.78 is 11.2. The van der Waals surface area contributed by atoms with Crippen LogP contribution in [0.2, 0.25) is 0 Å². The highest BCUT2D eigenvalue weighted by Crippen LogP contribution is 2.41. The third-order valence-electron chi connectivity index (χ3n) is 7.07. The van der Waals surface area contributed by atoms with E-state index in [1.165, 1.54) is 59.0 Å². The molecule has 0 bridgehead atoms. The van der Waals surface area contributed by atoms with Gasteiger partial charge in [-0.25, -0.2) is 0 Å². The van der Waals surface area contributed by atoms with Crippen molar-refractivity contribution in [2.45, 2.75) is 44.6 Å². The van der Waals surface area contributed by atoms with Gasteiger partial charge in [0.05, 0.1) is 0 Å². The summed E-state index contributed by atoms with van der Waals surface area (Å²) in [5.74, 6) is 2.51. The van der Waals surface area contributed by atoms with Gasteiger partial charge in [-0.3, -0.25) is 0 Å². The minimum absolute atomic E-state index is 0.334. The van der Waals surface area contributed by atoms with E-state index in [4.69, 9.17) is 9.47 Å². The predicted octanol–water partition coefficient (Wildman–Crippen LogP) is 5.23. The largest absolute Gasteiger partial charge is 0.454 e. The van der Waals surface area contributed by atoms with Gasteiger partial charge in [-0.05, 0) is 67.2 Å². The Morgan fingerprint density at radius 2 is 1.83 bits per heavy atom. The summed E-state index contributed by atoms with van der Waals surface area (Å²) in [6.45, 7) is 1.32. The summed E-state index contributed by atoms with van der Waals surface area (Å²) in [6, 6.07) is 15.7. The Hall–Kier alpha value is -2.72. The number of benzene rings is 2. The van der Waals surface area contributed by atoms with E-state index in [2.05, 4.69) is 58.8 Å². The number of H-pyrrole nitrogens is 1. The van der Waals surface area contributed by atoms with Crippen molar-refractivity contribution in [2.24, 2.45) is 5.92 Å². The maximum absolute atomic E-state index is 5.62. The van der Waals surface area contributed by atoms with Crippen molar-refractivity contribution in [1.82, 2.24) is 10.3 Å². The first kappa shape index (κ1) is 18.1. The van der Waals surface area contributed by atoms with E-state index >= 15 is 0 Å². The van der Waals surface area contributed by atoms with Gasteiger partial charge < -0.3 is 19.8 Å². The number of rotatable bonds is 4. The standard InChI is InChI=1S/C26H28N2O2/c1-2-4-18(5-3-1)19-10-11-27-20(13-19)8-6-17-7-9-23-21(12-17)22-14-25-26(30-16-29-25)15-24(22)28-23/h1-5,10,14-15,17,20,27-28H,6-9,11-13,16H2. The first-order chi connectivity index (χ1) is 14.8. The molecule has 2 unspecified atom stereocenters. The SMILES string of the molecule is C1=C(c2ccccc2)CC(CCC2CCc3[nH]c4cc5c(cc4c3C2)OCO5)NC1. The van der Waals surface area contributed by atoms with Gasteiger partial charge >= 0.3 is 0 Å². The molecular weight excluding hydrogens is 372 g/mol. The van der Waals surface area contributed by atoms with Crippen molar-refractivity contribution >= 4 is 16.5 Å². The minimum Gasteiger partial charge on any atom is -0.454 e. The van der Waals surface area contributed by atoms with Gasteiger partial charge in [0, 0.05) is 35.2 Å². The van der Waals surface area contributed by atoms with Crippen LogP contribution in [0.1, 0.15) is 42.5 Å². The summed E-state index contributed by atoms with van der Waals surface area (Å²) in [6.07, 6.45) is 9.63. The maximum Gasteiger partial charge on any atom is 0.231 e. The van der Waals surface area contributed by atoms with Crippen LogP contribution < -0.4 is 14.8 Å². The summed E-state index contributed by atoms with van der Waals surface area (Å²) in [7, 11) is 0. The topological polar surface area (TPSA) is 46.3 Å². The Bertz CT molecular complexity index is 1100. The summed E-state index contributed by atoms with van der Waals surface area (Å²) in [5.41, 5.74) is 6.98. The Morgan fingerprint density at radius 1 is 0.967 bits per heavy atom. The number of aromatic amines is 1. The lowest BCUT2D eigenvalue weighted by Crippen LogP contribution is -2.33. The smallest absolute Gasteiger partial charge is 0.231 e. The monoisotopic (exact) mass is 400 g/mol. The van der Waals surface area contributed by atoms with E-state index < -0.39 is 0 Å². The van der Waals surface area contributed by atoms with Crippen LogP contribution in [0.4, 0.5) is 0 Å². The highest BCUT2D eigenvalue weighted by Gasteiger charge is 2.26. The molecule has 3 aliphatic rings. The van der Waals surface area contributed by atoms with Crippen molar-refractivity contribution < 1.29 is 9.47 Å². The van der Waals surface area contributed by atoms with E-state index in [1.807, 2.05) is 0 Å². The molecule has 0 saturated heterocycles. The maximum atomic E-state index is 5.62. The second-order valence-electron chi connectivity index (χ2n) is 8.92. The van der Waals surface area contributed by atoms with E-state index in [1.54, 1.807) is 0 Å². The predicted molar refractivity (Wildman–Crippen MR) is 120 cm³/mol. The van der Waals surface area contributed by atoms with Gasteiger partial charge in [0.1, 0.15) is 0 Å². The van der Waals surface area contributed by atoms with Crippen molar-refractivity contribution in [1.29, 1.82) is 0 Å². The van der Waals surface area contributed by atoms with E-state index in [-0.39, 0.29) is 0 Å². The number of aromatic nitrogens is 1. The molecule has 2 atom stereocenters. The first-order valence-corrected chi connectivity index (χ1v) is 11.2. The average molecular weight is 401 g/mol. The quantitative estimate of drug-likeness (QED) is 0.631. The van der Waals surface area contributed by atoms with E-state index in [0.29, 0.717) is 12.8 Å². The van der Waals surface area contributed by atoms with Crippen LogP contribution in [-0.2, 0) is 12.8 Å². The molecule has 154 valence electrons. The second kappa shape index (κ2) is 7.51. The van der Waals surface area contributed by atoms with Gasteiger partial charge in [0.25, 0.3) is 0 Å². The third kappa shape index (κ3) is 3.29. The van der Waals surface area contributed by atoms with Crippen molar-refractivity contribution in [2.75, 3.05) is 13.3 Å². The molecule has 4 heteroatoms. The molecule has 6 rings (SSSR count). The molecule has 1 aromatic heterocycles. The normalized spacial score (nSPS) is 22.7. The number of fused-ring (bicyclic) bond motifs is 4. The molecule has 0 fully saturated rings. The van der Waals surface area contributed by atoms with Gasteiger partial charge in [-0.2, -0.15) is 0 Å². The van der Waals surface area contributed by atoms with Crippen LogP contribution in [0.3, 0.4) is 0 Å². The van der Waals surface area contributed by atoms with E-state index in [0.717, 1.165) is 36.8 Å². The van der Waals surface area contributed by atoms with Crippen LogP contribution >= 0.6 is 0 Å². The lowest BCUT2D eigenvalue weighted by atomic mass is 9.82. The summed E-state index contributed by atoms with van der Waals surface area (Å²) in [4.78, 5) is 3.64.